The van der Waals surface area contributed by atoms with Crippen LogP contribution in [0.15, 0.2) is 60.7 Å². The molecular weight excluding hydrogens is 542 g/mol. The molecule has 1 saturated heterocycles. The minimum atomic E-state index is -4.56. The fourth-order valence-corrected chi connectivity index (χ4v) is 4.42. The van der Waals surface area contributed by atoms with E-state index in [0.29, 0.717) is 42.6 Å². The molecule has 1 aliphatic rings. The van der Waals surface area contributed by atoms with Crippen LogP contribution in [-0.2, 0) is 6.18 Å². The Balaban J connectivity index is 1.30. The number of nitrogens with zero attached hydrogens (tertiary/aromatic N) is 2. The Kier molecular flexibility index (Phi) is 8.23. The quantitative estimate of drug-likeness (QED) is 0.310. The number of aryl methyl sites for hydroxylation is 1. The number of piperazine rings is 1. The first-order valence-corrected chi connectivity index (χ1v) is 12.4. The van der Waals surface area contributed by atoms with Gasteiger partial charge in [-0.2, -0.15) is 13.2 Å². The second kappa shape index (κ2) is 11.4. The van der Waals surface area contributed by atoms with E-state index in [2.05, 4.69) is 20.9 Å². The van der Waals surface area contributed by atoms with E-state index in [-0.39, 0.29) is 16.7 Å². The highest BCUT2D eigenvalue weighted by molar-refractivity contribution is 6.34. The Labute approximate surface area is 227 Å². The lowest BCUT2D eigenvalue weighted by molar-refractivity contribution is -0.137. The number of halogens is 5. The summed E-state index contributed by atoms with van der Waals surface area (Å²) in [5, 5.41) is 8.28. The van der Waals surface area contributed by atoms with Gasteiger partial charge in [-0.15, -0.1) is 0 Å². The average molecular weight is 566 g/mol. The zero-order chi connectivity index (χ0) is 27.4. The van der Waals surface area contributed by atoms with Crippen molar-refractivity contribution in [1.82, 2.24) is 4.90 Å². The highest BCUT2D eigenvalue weighted by Gasteiger charge is 2.31. The number of alkyl halides is 3. The van der Waals surface area contributed by atoms with Crippen molar-refractivity contribution in [1.29, 1.82) is 0 Å². The summed E-state index contributed by atoms with van der Waals surface area (Å²) in [6, 6.07) is 14.2. The van der Waals surface area contributed by atoms with Gasteiger partial charge < -0.3 is 25.8 Å². The number of anilines is 4. The van der Waals surface area contributed by atoms with Crippen LogP contribution < -0.4 is 20.9 Å². The Hall–Kier alpha value is -3.63. The van der Waals surface area contributed by atoms with Gasteiger partial charge in [0, 0.05) is 37.6 Å². The molecule has 200 valence electrons. The summed E-state index contributed by atoms with van der Waals surface area (Å²) in [6.45, 7) is 4.11. The maximum absolute atomic E-state index is 13.0. The zero-order valence-corrected chi connectivity index (χ0v) is 21.7. The first-order chi connectivity index (χ1) is 18.0. The van der Waals surface area contributed by atoms with Crippen LogP contribution in [0, 0.1) is 6.92 Å². The second-order valence-corrected chi connectivity index (χ2v) is 9.47. The van der Waals surface area contributed by atoms with Gasteiger partial charge in [0.05, 0.1) is 27.0 Å². The standard InChI is InChI=1S/C26H24Cl2F3N5O2/c1-16-3-2-4-21(28)23(16)34-25(38)36-13-11-35(12-14-36)19-8-6-18(7-9-19)32-24(37)33-22-15-17(26(29,30)31)5-10-20(22)27/h2-10,15H,11-14H2,1H3,(H,34,38)(H2,32,33,37). The van der Waals surface area contributed by atoms with Gasteiger partial charge in [0.15, 0.2) is 0 Å². The van der Waals surface area contributed by atoms with Crippen molar-refractivity contribution in [2.24, 2.45) is 0 Å². The Morgan fingerprint density at radius 2 is 1.53 bits per heavy atom. The number of hydrogen-bond acceptors (Lipinski definition) is 3. The highest BCUT2D eigenvalue weighted by atomic mass is 35.5. The van der Waals surface area contributed by atoms with Gasteiger partial charge in [0.25, 0.3) is 0 Å². The molecule has 4 amide bonds. The van der Waals surface area contributed by atoms with Crippen LogP contribution in [0.25, 0.3) is 0 Å². The fraction of sp³-hybridized carbons (Fsp3) is 0.231. The van der Waals surface area contributed by atoms with E-state index >= 15 is 0 Å². The molecule has 0 atom stereocenters. The summed E-state index contributed by atoms with van der Waals surface area (Å²) in [6.07, 6.45) is -4.56. The number of nitrogens with one attached hydrogen (secondary N) is 3. The first-order valence-electron chi connectivity index (χ1n) is 11.6. The van der Waals surface area contributed by atoms with Gasteiger partial charge in [0.1, 0.15) is 0 Å². The number of urea groups is 2. The third-order valence-corrected chi connectivity index (χ3v) is 6.70. The molecular formula is C26H24Cl2F3N5O2. The molecule has 1 aliphatic heterocycles. The summed E-state index contributed by atoms with van der Waals surface area (Å²) in [7, 11) is 0. The van der Waals surface area contributed by atoms with Crippen LogP contribution in [0.2, 0.25) is 10.0 Å². The third kappa shape index (κ3) is 6.62. The van der Waals surface area contributed by atoms with Crippen molar-refractivity contribution >= 4 is 58.0 Å². The van der Waals surface area contributed by atoms with E-state index in [9.17, 15) is 22.8 Å². The lowest BCUT2D eigenvalue weighted by Gasteiger charge is -2.36. The Bertz CT molecular complexity index is 1310. The van der Waals surface area contributed by atoms with Crippen molar-refractivity contribution < 1.29 is 22.8 Å². The first kappa shape index (κ1) is 27.4. The average Bonchev–Trinajstić information content (AvgIpc) is 2.87. The van der Waals surface area contributed by atoms with Crippen LogP contribution >= 0.6 is 23.2 Å². The van der Waals surface area contributed by atoms with Crippen molar-refractivity contribution in [3.63, 3.8) is 0 Å². The van der Waals surface area contributed by atoms with Gasteiger partial charge in [0.2, 0.25) is 0 Å². The predicted molar refractivity (Wildman–Crippen MR) is 145 cm³/mol. The largest absolute Gasteiger partial charge is 0.416 e. The summed E-state index contributed by atoms with van der Waals surface area (Å²) >= 11 is 12.1. The zero-order valence-electron chi connectivity index (χ0n) is 20.2. The van der Waals surface area contributed by atoms with E-state index < -0.39 is 17.8 Å². The molecule has 0 unspecified atom stereocenters. The number of carbonyl (C=O) groups is 2. The number of carbonyl (C=O) groups excluding carboxylic acids is 2. The number of hydrogen-bond donors (Lipinski definition) is 3. The van der Waals surface area contributed by atoms with Crippen LogP contribution in [0.3, 0.4) is 0 Å². The van der Waals surface area contributed by atoms with Gasteiger partial charge in [-0.1, -0.05) is 35.3 Å². The van der Waals surface area contributed by atoms with E-state index in [1.807, 2.05) is 31.2 Å². The van der Waals surface area contributed by atoms with E-state index in [0.717, 1.165) is 29.4 Å². The van der Waals surface area contributed by atoms with Crippen molar-refractivity contribution in [3.05, 3.63) is 81.8 Å². The molecule has 3 aromatic rings. The van der Waals surface area contributed by atoms with Crippen LogP contribution in [0.1, 0.15) is 11.1 Å². The minimum absolute atomic E-state index is 0.0154. The summed E-state index contributed by atoms with van der Waals surface area (Å²) < 4.78 is 38.9. The number of amides is 4. The van der Waals surface area contributed by atoms with Gasteiger partial charge >= 0.3 is 18.2 Å². The molecule has 38 heavy (non-hydrogen) atoms. The predicted octanol–water partition coefficient (Wildman–Crippen LogP) is 7.32. The maximum atomic E-state index is 13.0. The topological polar surface area (TPSA) is 76.7 Å². The minimum Gasteiger partial charge on any atom is -0.368 e. The summed E-state index contributed by atoms with van der Waals surface area (Å²) in [4.78, 5) is 28.9. The molecule has 3 aromatic carbocycles. The molecule has 0 aromatic heterocycles. The fourth-order valence-electron chi connectivity index (χ4n) is 3.98. The maximum Gasteiger partial charge on any atom is 0.416 e. The van der Waals surface area contributed by atoms with Gasteiger partial charge in [-0.05, 0) is 61.0 Å². The van der Waals surface area contributed by atoms with Gasteiger partial charge in [-0.25, -0.2) is 9.59 Å². The van der Waals surface area contributed by atoms with E-state index in [1.54, 1.807) is 23.1 Å². The SMILES string of the molecule is Cc1cccc(Cl)c1NC(=O)N1CCN(c2ccc(NC(=O)Nc3cc(C(F)(F)F)ccc3Cl)cc2)CC1. The number of para-hydroxylation sites is 1. The molecule has 12 heteroatoms. The van der Waals surface area contributed by atoms with E-state index in [1.165, 1.54) is 0 Å². The van der Waals surface area contributed by atoms with Crippen LogP contribution in [-0.4, -0.2) is 43.1 Å². The van der Waals surface area contributed by atoms with Crippen molar-refractivity contribution in [2.75, 3.05) is 47.0 Å². The summed E-state index contributed by atoms with van der Waals surface area (Å²) in [5.74, 6) is 0. The number of benzene rings is 3. The molecule has 1 heterocycles. The smallest absolute Gasteiger partial charge is 0.368 e. The normalized spacial score (nSPS) is 13.7. The molecule has 0 bridgehead atoms. The molecule has 7 nitrogen and oxygen atoms in total. The molecule has 0 aliphatic carbocycles. The molecule has 0 radical (unpaired) electrons. The highest BCUT2D eigenvalue weighted by Crippen LogP contribution is 2.34. The summed E-state index contributed by atoms with van der Waals surface area (Å²) in [5.41, 5.74) is 1.76. The molecule has 0 spiro atoms. The van der Waals surface area contributed by atoms with Crippen LogP contribution in [0.4, 0.5) is 45.5 Å². The molecule has 3 N–H and O–H groups in total. The lowest BCUT2D eigenvalue weighted by Crippen LogP contribution is -2.50. The van der Waals surface area contributed by atoms with E-state index in [4.69, 9.17) is 23.2 Å². The van der Waals surface area contributed by atoms with Crippen molar-refractivity contribution in [2.45, 2.75) is 13.1 Å². The monoisotopic (exact) mass is 565 g/mol. The lowest BCUT2D eigenvalue weighted by atomic mass is 10.2. The molecule has 0 saturated carbocycles. The Morgan fingerprint density at radius 1 is 0.842 bits per heavy atom. The third-order valence-electron chi connectivity index (χ3n) is 6.05. The van der Waals surface area contributed by atoms with Crippen molar-refractivity contribution in [3.8, 4) is 0 Å². The van der Waals surface area contributed by atoms with Gasteiger partial charge in [-0.3, -0.25) is 0 Å². The second-order valence-electron chi connectivity index (χ2n) is 8.65. The Morgan fingerprint density at radius 3 is 2.16 bits per heavy atom. The molecule has 4 rings (SSSR count). The number of rotatable bonds is 4. The molecule has 1 fully saturated rings. The van der Waals surface area contributed by atoms with Crippen LogP contribution in [0.5, 0.6) is 0 Å².